The van der Waals surface area contributed by atoms with Gasteiger partial charge in [-0.3, -0.25) is 9.20 Å². The maximum Gasteiger partial charge on any atom is 0.254 e. The van der Waals surface area contributed by atoms with Crippen molar-refractivity contribution in [3.8, 4) is 11.3 Å². The largest absolute Gasteiger partial charge is 0.381 e. The van der Waals surface area contributed by atoms with Crippen LogP contribution in [0.2, 0.25) is 0 Å². The fourth-order valence-electron chi connectivity index (χ4n) is 5.57. The first kappa shape index (κ1) is 24.5. The number of nitrogens with zero attached hydrogens (tertiary/aromatic N) is 4. The lowest BCUT2D eigenvalue weighted by atomic mass is 9.83. The highest BCUT2D eigenvalue weighted by atomic mass is 19.1. The molecule has 2 N–H and O–H groups in total. The number of hydrogen-bond donors (Lipinski definition) is 2. The highest BCUT2D eigenvalue weighted by Crippen LogP contribution is 2.37. The molecule has 1 aromatic carbocycles. The van der Waals surface area contributed by atoms with Crippen molar-refractivity contribution in [2.24, 2.45) is 5.92 Å². The minimum atomic E-state index is -0.339. The number of halogens is 1. The summed E-state index contributed by atoms with van der Waals surface area (Å²) in [5.41, 5.74) is 6.60. The Kier molecular flexibility index (Phi) is 6.33. The van der Waals surface area contributed by atoms with Gasteiger partial charge in [-0.25, -0.2) is 14.4 Å². The molecular formula is C29H31FN6O2. The third-order valence-electron chi connectivity index (χ3n) is 7.56. The molecule has 2 aliphatic heterocycles. The third-order valence-corrected chi connectivity index (χ3v) is 7.56. The Morgan fingerprint density at radius 1 is 1.24 bits per heavy atom. The number of fused-ring (bicyclic) bond motifs is 2. The Morgan fingerprint density at radius 2 is 2.11 bits per heavy atom. The molecule has 1 saturated heterocycles. The predicted octanol–water partition coefficient (Wildman–Crippen LogP) is 4.72. The molecule has 1 unspecified atom stereocenters. The van der Waals surface area contributed by atoms with E-state index >= 15 is 0 Å². The first-order valence-electron chi connectivity index (χ1n) is 13.0. The zero-order valence-electron chi connectivity index (χ0n) is 21.8. The molecule has 3 aromatic heterocycles. The van der Waals surface area contributed by atoms with Gasteiger partial charge in [0.25, 0.3) is 5.91 Å². The summed E-state index contributed by atoms with van der Waals surface area (Å²) in [6.07, 6.45) is 4.41. The molecule has 0 radical (unpaired) electrons. The molecule has 4 aromatic rings. The molecule has 38 heavy (non-hydrogen) atoms. The quantitative estimate of drug-likeness (QED) is 0.387. The number of imidazole rings is 1. The van der Waals surface area contributed by atoms with Gasteiger partial charge in [-0.15, -0.1) is 0 Å². The van der Waals surface area contributed by atoms with Crippen molar-refractivity contribution >= 4 is 23.1 Å². The van der Waals surface area contributed by atoms with Gasteiger partial charge in [-0.1, -0.05) is 19.1 Å². The second-order valence-electron chi connectivity index (χ2n) is 10.5. The number of carbonyl (C=O) groups is 1. The molecule has 2 atom stereocenters. The average Bonchev–Trinajstić information content (AvgIpc) is 3.48. The maximum atomic E-state index is 13.7. The summed E-state index contributed by atoms with van der Waals surface area (Å²) in [6.45, 7) is 4.91. The molecule has 0 bridgehead atoms. The van der Waals surface area contributed by atoms with E-state index in [1.54, 1.807) is 12.4 Å². The van der Waals surface area contributed by atoms with Crippen molar-refractivity contribution in [3.63, 3.8) is 0 Å². The molecule has 0 aliphatic carbocycles. The van der Waals surface area contributed by atoms with E-state index in [1.165, 1.54) is 17.7 Å². The lowest BCUT2D eigenvalue weighted by molar-refractivity contribution is 0.0517. The van der Waals surface area contributed by atoms with E-state index in [1.807, 2.05) is 36.7 Å². The topological polar surface area (TPSA) is 83.8 Å². The van der Waals surface area contributed by atoms with Gasteiger partial charge in [0.2, 0.25) is 0 Å². The minimum Gasteiger partial charge on any atom is -0.381 e. The summed E-state index contributed by atoms with van der Waals surface area (Å²) in [6, 6.07) is 10.8. The summed E-state index contributed by atoms with van der Waals surface area (Å²) in [4.78, 5) is 24.4. The van der Waals surface area contributed by atoms with Crippen LogP contribution in [0.5, 0.6) is 0 Å². The van der Waals surface area contributed by atoms with E-state index < -0.39 is 0 Å². The Labute approximate surface area is 220 Å². The molecule has 1 amide bonds. The summed E-state index contributed by atoms with van der Waals surface area (Å²) < 4.78 is 21.3. The zero-order chi connectivity index (χ0) is 26.4. The number of benzene rings is 1. The standard InChI is InChI=1S/C29H31FN6O2/c1-17-9-11-38-16-22(17)19-5-7-26(34-24(19)15-35(2)3)33-23-6-4-20(21-13-32-29(37)28(21)23)25-14-31-27-12-18(30)8-10-36(25)27/h4-8,10,12,14,17,22H,9,11,13,15-16H2,1-3H3,(H,32,37)(H,33,34)/t17?,22-/m0/s1. The van der Waals surface area contributed by atoms with Gasteiger partial charge >= 0.3 is 0 Å². The predicted molar refractivity (Wildman–Crippen MR) is 144 cm³/mol. The van der Waals surface area contributed by atoms with Crippen LogP contribution in [-0.2, 0) is 17.8 Å². The fourth-order valence-corrected chi connectivity index (χ4v) is 5.57. The van der Waals surface area contributed by atoms with Gasteiger partial charge < -0.3 is 20.3 Å². The summed E-state index contributed by atoms with van der Waals surface area (Å²) >= 11 is 0. The molecule has 2 aliphatic rings. The Hall–Kier alpha value is -3.82. The number of aromatic nitrogens is 3. The van der Waals surface area contributed by atoms with E-state index in [0.717, 1.165) is 35.5 Å². The second-order valence-corrected chi connectivity index (χ2v) is 10.5. The Bertz CT molecular complexity index is 1530. The molecule has 0 saturated carbocycles. The number of amides is 1. The number of ether oxygens (including phenoxy) is 1. The van der Waals surface area contributed by atoms with Crippen molar-refractivity contribution in [1.82, 2.24) is 24.6 Å². The minimum absolute atomic E-state index is 0.137. The number of hydrogen-bond acceptors (Lipinski definition) is 6. The summed E-state index contributed by atoms with van der Waals surface area (Å²) in [7, 11) is 4.08. The molecule has 5 heterocycles. The van der Waals surface area contributed by atoms with Gasteiger partial charge in [-0.05, 0) is 55.8 Å². The lowest BCUT2D eigenvalue weighted by Crippen LogP contribution is -2.26. The first-order chi connectivity index (χ1) is 18.4. The van der Waals surface area contributed by atoms with Crippen LogP contribution in [0.25, 0.3) is 16.9 Å². The summed E-state index contributed by atoms with van der Waals surface area (Å²) in [5, 5.41) is 6.37. The average molecular weight is 515 g/mol. The third kappa shape index (κ3) is 4.41. The van der Waals surface area contributed by atoms with Gasteiger partial charge in [-0.2, -0.15) is 0 Å². The van der Waals surface area contributed by atoms with Gasteiger partial charge in [0, 0.05) is 43.4 Å². The highest BCUT2D eigenvalue weighted by molar-refractivity contribution is 6.06. The normalized spacial score (nSPS) is 19.1. The van der Waals surface area contributed by atoms with E-state index in [2.05, 4.69) is 33.5 Å². The molecule has 1 fully saturated rings. The lowest BCUT2D eigenvalue weighted by Gasteiger charge is -2.31. The Morgan fingerprint density at radius 3 is 2.92 bits per heavy atom. The van der Waals surface area contributed by atoms with Crippen molar-refractivity contribution < 1.29 is 13.9 Å². The molecule has 196 valence electrons. The van der Waals surface area contributed by atoms with Crippen LogP contribution in [0, 0.1) is 11.7 Å². The monoisotopic (exact) mass is 514 g/mol. The summed E-state index contributed by atoms with van der Waals surface area (Å²) in [5.74, 6) is 1.06. The number of nitrogens with one attached hydrogen (secondary N) is 2. The van der Waals surface area contributed by atoms with Crippen LogP contribution in [0.4, 0.5) is 15.9 Å². The number of anilines is 2. The van der Waals surface area contributed by atoms with Crippen molar-refractivity contribution in [1.29, 1.82) is 0 Å². The van der Waals surface area contributed by atoms with Crippen LogP contribution in [0.3, 0.4) is 0 Å². The van der Waals surface area contributed by atoms with E-state index in [4.69, 9.17) is 9.72 Å². The van der Waals surface area contributed by atoms with Crippen LogP contribution in [-0.4, -0.2) is 52.5 Å². The molecule has 9 heteroatoms. The molecule has 0 spiro atoms. The van der Waals surface area contributed by atoms with E-state index in [-0.39, 0.29) is 11.7 Å². The highest BCUT2D eigenvalue weighted by Gasteiger charge is 2.29. The number of carbonyl (C=O) groups excluding carboxylic acids is 1. The van der Waals surface area contributed by atoms with Crippen molar-refractivity contribution in [3.05, 3.63) is 77.0 Å². The molecule has 8 nitrogen and oxygen atoms in total. The van der Waals surface area contributed by atoms with Crippen LogP contribution in [0.1, 0.15) is 46.4 Å². The van der Waals surface area contributed by atoms with Gasteiger partial charge in [0.05, 0.1) is 35.4 Å². The van der Waals surface area contributed by atoms with Gasteiger partial charge in [0.15, 0.2) is 0 Å². The second kappa shape index (κ2) is 9.81. The van der Waals surface area contributed by atoms with Crippen LogP contribution >= 0.6 is 0 Å². The molecular weight excluding hydrogens is 483 g/mol. The van der Waals surface area contributed by atoms with Crippen molar-refractivity contribution in [2.45, 2.75) is 32.4 Å². The van der Waals surface area contributed by atoms with Crippen LogP contribution < -0.4 is 10.6 Å². The number of pyridine rings is 2. The van der Waals surface area contributed by atoms with Crippen molar-refractivity contribution in [2.75, 3.05) is 32.6 Å². The smallest absolute Gasteiger partial charge is 0.254 e. The Balaban J connectivity index is 1.37. The first-order valence-corrected chi connectivity index (χ1v) is 13.0. The van der Waals surface area contributed by atoms with E-state index in [9.17, 15) is 9.18 Å². The van der Waals surface area contributed by atoms with E-state index in [0.29, 0.717) is 54.2 Å². The maximum absolute atomic E-state index is 13.7. The van der Waals surface area contributed by atoms with Gasteiger partial charge in [0.1, 0.15) is 17.3 Å². The fraction of sp³-hybridized carbons (Fsp3) is 0.345. The van der Waals surface area contributed by atoms with Crippen LogP contribution in [0.15, 0.2) is 48.8 Å². The number of rotatable bonds is 6. The zero-order valence-corrected chi connectivity index (χ0v) is 21.8. The SMILES string of the molecule is CC1CCOC[C@@H]1c1ccc(Nc2ccc(-c3cnc4cc(F)ccn34)c3c2C(=O)NC3)nc1CN(C)C. The molecule has 6 rings (SSSR count).